The molecule has 0 spiro atoms. The van der Waals surface area contributed by atoms with E-state index < -0.39 is 0 Å². The van der Waals surface area contributed by atoms with E-state index in [0.29, 0.717) is 0 Å². The van der Waals surface area contributed by atoms with Gasteiger partial charge < -0.3 is 5.32 Å². The Bertz CT molecular complexity index is 430. The highest BCUT2D eigenvalue weighted by molar-refractivity contribution is 7.13. The van der Waals surface area contributed by atoms with Gasteiger partial charge in [0.15, 0.2) is 5.82 Å². The van der Waals surface area contributed by atoms with Gasteiger partial charge in [0.05, 0.1) is 10.4 Å². The summed E-state index contributed by atoms with van der Waals surface area (Å²) in [6.45, 7) is 4.12. The topological polar surface area (TPSA) is 53.6 Å². The van der Waals surface area contributed by atoms with Crippen molar-refractivity contribution in [2.24, 2.45) is 0 Å². The van der Waals surface area contributed by atoms with E-state index in [0.717, 1.165) is 16.5 Å². The van der Waals surface area contributed by atoms with E-state index in [4.69, 9.17) is 0 Å². The lowest BCUT2D eigenvalue weighted by molar-refractivity contribution is 0.418. The summed E-state index contributed by atoms with van der Waals surface area (Å²) in [7, 11) is 1.91. The first-order valence-electron chi connectivity index (χ1n) is 4.79. The maximum atomic E-state index is 4.48. The Labute approximate surface area is 92.8 Å². The van der Waals surface area contributed by atoms with Crippen LogP contribution < -0.4 is 5.32 Å². The zero-order valence-corrected chi connectivity index (χ0v) is 9.85. The predicted octanol–water partition coefficient (Wildman–Crippen LogP) is 1.99. The summed E-state index contributed by atoms with van der Waals surface area (Å²) in [6.07, 6.45) is 0. The summed E-state index contributed by atoms with van der Waals surface area (Å²) in [4.78, 5) is 5.56. The minimum Gasteiger partial charge on any atom is -0.308 e. The molecule has 2 N–H and O–H groups in total. The minimum atomic E-state index is -0.178. The Balaban J connectivity index is 2.33. The van der Waals surface area contributed by atoms with Crippen LogP contribution in [-0.2, 0) is 5.54 Å². The Kier molecular flexibility index (Phi) is 2.58. The quantitative estimate of drug-likeness (QED) is 0.835. The van der Waals surface area contributed by atoms with E-state index >= 15 is 0 Å². The van der Waals surface area contributed by atoms with Crippen molar-refractivity contribution in [1.29, 1.82) is 0 Å². The Morgan fingerprint density at radius 1 is 1.47 bits per heavy atom. The number of thiophene rings is 1. The van der Waals surface area contributed by atoms with E-state index in [-0.39, 0.29) is 5.54 Å². The molecule has 0 aliphatic rings. The van der Waals surface area contributed by atoms with Crippen molar-refractivity contribution in [3.63, 3.8) is 0 Å². The monoisotopic (exact) mass is 222 g/mol. The summed E-state index contributed by atoms with van der Waals surface area (Å²) < 4.78 is 0. The maximum Gasteiger partial charge on any atom is 0.191 e. The van der Waals surface area contributed by atoms with Gasteiger partial charge in [-0.05, 0) is 32.3 Å². The van der Waals surface area contributed by atoms with E-state index in [9.17, 15) is 0 Å². The van der Waals surface area contributed by atoms with Gasteiger partial charge in [-0.25, -0.2) is 4.98 Å². The molecule has 2 rings (SSSR count). The molecule has 2 aromatic heterocycles. The summed E-state index contributed by atoms with van der Waals surface area (Å²) in [5.74, 6) is 1.62. The molecule has 2 heterocycles. The van der Waals surface area contributed by atoms with Crippen LogP contribution in [0.1, 0.15) is 19.7 Å². The van der Waals surface area contributed by atoms with Crippen LogP contribution >= 0.6 is 11.3 Å². The predicted molar refractivity (Wildman–Crippen MR) is 61.8 cm³/mol. The first kappa shape index (κ1) is 10.3. The number of H-pyrrole nitrogens is 1. The Morgan fingerprint density at radius 3 is 2.87 bits per heavy atom. The average Bonchev–Trinajstić information content (AvgIpc) is 2.88. The fourth-order valence-electron chi connectivity index (χ4n) is 1.18. The number of aromatic nitrogens is 3. The maximum absolute atomic E-state index is 4.48. The average molecular weight is 222 g/mol. The number of nitrogens with one attached hydrogen (secondary N) is 2. The molecule has 5 heteroatoms. The second kappa shape index (κ2) is 3.75. The fraction of sp³-hybridized carbons (Fsp3) is 0.400. The normalized spacial score (nSPS) is 11.9. The molecule has 80 valence electrons. The van der Waals surface area contributed by atoms with Crippen molar-refractivity contribution in [2.45, 2.75) is 19.4 Å². The lowest BCUT2D eigenvalue weighted by atomic mass is 10.1. The van der Waals surface area contributed by atoms with Gasteiger partial charge in [0, 0.05) is 0 Å². The molecular formula is C10H14N4S. The van der Waals surface area contributed by atoms with Crippen LogP contribution in [-0.4, -0.2) is 22.2 Å². The third-order valence-corrected chi connectivity index (χ3v) is 3.31. The third kappa shape index (κ3) is 1.93. The van der Waals surface area contributed by atoms with Crippen LogP contribution in [0.3, 0.4) is 0 Å². The first-order valence-corrected chi connectivity index (χ1v) is 5.67. The molecule has 15 heavy (non-hydrogen) atoms. The van der Waals surface area contributed by atoms with E-state index in [2.05, 4.69) is 34.3 Å². The molecule has 0 radical (unpaired) electrons. The van der Waals surface area contributed by atoms with Crippen molar-refractivity contribution >= 4 is 11.3 Å². The standard InChI is InChI=1S/C10H14N4S/c1-10(2,11-3)9-12-8(13-14-9)7-5-4-6-15-7/h4-6,11H,1-3H3,(H,12,13,14). The highest BCUT2D eigenvalue weighted by Crippen LogP contribution is 2.23. The zero-order chi connectivity index (χ0) is 10.9. The van der Waals surface area contributed by atoms with E-state index in [1.54, 1.807) is 11.3 Å². The SMILES string of the molecule is CNC(C)(C)c1nc(-c2cccs2)n[nH]1. The van der Waals surface area contributed by atoms with Crippen LogP contribution in [0, 0.1) is 0 Å². The smallest absolute Gasteiger partial charge is 0.191 e. The number of hydrogen-bond acceptors (Lipinski definition) is 4. The third-order valence-electron chi connectivity index (χ3n) is 2.44. The summed E-state index contributed by atoms with van der Waals surface area (Å²) in [5, 5.41) is 12.4. The number of nitrogens with zero attached hydrogens (tertiary/aromatic N) is 2. The van der Waals surface area contributed by atoms with E-state index in [1.807, 2.05) is 24.6 Å². The van der Waals surface area contributed by atoms with Gasteiger partial charge in [0.2, 0.25) is 0 Å². The van der Waals surface area contributed by atoms with Gasteiger partial charge >= 0.3 is 0 Å². The first-order chi connectivity index (χ1) is 7.13. The fourth-order valence-corrected chi connectivity index (χ4v) is 1.83. The van der Waals surface area contributed by atoms with Crippen molar-refractivity contribution in [1.82, 2.24) is 20.5 Å². The van der Waals surface area contributed by atoms with Gasteiger partial charge in [-0.1, -0.05) is 6.07 Å². The lowest BCUT2D eigenvalue weighted by Gasteiger charge is -2.19. The van der Waals surface area contributed by atoms with Crippen LogP contribution in [0.2, 0.25) is 0 Å². The minimum absolute atomic E-state index is 0.178. The van der Waals surface area contributed by atoms with Gasteiger partial charge in [-0.3, -0.25) is 5.10 Å². The molecule has 4 nitrogen and oxygen atoms in total. The molecule has 0 unspecified atom stereocenters. The molecule has 0 aromatic carbocycles. The Hall–Kier alpha value is -1.20. The van der Waals surface area contributed by atoms with Gasteiger partial charge in [0.25, 0.3) is 0 Å². The van der Waals surface area contributed by atoms with Gasteiger partial charge in [-0.2, -0.15) is 5.10 Å². The molecule has 2 aromatic rings. The zero-order valence-electron chi connectivity index (χ0n) is 9.03. The molecule has 0 amide bonds. The van der Waals surface area contributed by atoms with Gasteiger partial charge in [0.1, 0.15) is 5.82 Å². The van der Waals surface area contributed by atoms with Crippen molar-refractivity contribution in [3.8, 4) is 10.7 Å². The molecule has 0 saturated carbocycles. The Morgan fingerprint density at radius 2 is 2.27 bits per heavy atom. The molecular weight excluding hydrogens is 208 g/mol. The van der Waals surface area contributed by atoms with Crippen molar-refractivity contribution in [3.05, 3.63) is 23.3 Å². The molecule has 0 saturated heterocycles. The van der Waals surface area contributed by atoms with Crippen molar-refractivity contribution < 1.29 is 0 Å². The van der Waals surface area contributed by atoms with E-state index in [1.165, 1.54) is 0 Å². The van der Waals surface area contributed by atoms with Crippen LogP contribution in [0.15, 0.2) is 17.5 Å². The second-order valence-electron chi connectivity index (χ2n) is 3.86. The molecule has 0 atom stereocenters. The van der Waals surface area contributed by atoms with Crippen molar-refractivity contribution in [2.75, 3.05) is 7.05 Å². The molecule has 0 aliphatic heterocycles. The second-order valence-corrected chi connectivity index (χ2v) is 4.81. The molecule has 0 bridgehead atoms. The summed E-state index contributed by atoms with van der Waals surface area (Å²) in [6, 6.07) is 4.02. The largest absolute Gasteiger partial charge is 0.308 e. The van der Waals surface area contributed by atoms with Gasteiger partial charge in [-0.15, -0.1) is 11.3 Å². The summed E-state index contributed by atoms with van der Waals surface area (Å²) in [5.41, 5.74) is -0.178. The summed E-state index contributed by atoms with van der Waals surface area (Å²) >= 11 is 1.64. The van der Waals surface area contributed by atoms with Crippen LogP contribution in [0.4, 0.5) is 0 Å². The van der Waals surface area contributed by atoms with Crippen LogP contribution in [0.25, 0.3) is 10.7 Å². The lowest BCUT2D eigenvalue weighted by Crippen LogP contribution is -2.34. The highest BCUT2D eigenvalue weighted by Gasteiger charge is 2.22. The number of aromatic amines is 1. The number of rotatable bonds is 3. The number of hydrogen-bond donors (Lipinski definition) is 2. The molecule has 0 aliphatic carbocycles. The molecule has 0 fully saturated rings. The van der Waals surface area contributed by atoms with Crippen LogP contribution in [0.5, 0.6) is 0 Å². The highest BCUT2D eigenvalue weighted by atomic mass is 32.1.